The summed E-state index contributed by atoms with van der Waals surface area (Å²) in [6, 6.07) is 12.3. The average molecular weight is 432 g/mol. The van der Waals surface area contributed by atoms with Crippen LogP contribution in [0, 0.1) is 17.2 Å². The Morgan fingerprint density at radius 3 is 2.90 bits per heavy atom. The molecule has 2 aliphatic rings. The van der Waals surface area contributed by atoms with E-state index >= 15 is 0 Å². The molecule has 0 bridgehead atoms. The lowest BCUT2D eigenvalue weighted by Crippen LogP contribution is -2.33. The predicted octanol–water partition coefficient (Wildman–Crippen LogP) is 3.01. The van der Waals surface area contributed by atoms with Gasteiger partial charge in [0.2, 0.25) is 5.91 Å². The summed E-state index contributed by atoms with van der Waals surface area (Å²) in [5.41, 5.74) is 2.36. The number of nitriles is 1. The number of Topliss-reactive ketones (excluding diaryl/α,β-unsaturated/α-hetero) is 1. The van der Waals surface area contributed by atoms with Gasteiger partial charge in [-0.05, 0) is 23.5 Å². The number of fused-ring (bicyclic) bond motifs is 1. The fourth-order valence-electron chi connectivity index (χ4n) is 4.33. The highest BCUT2D eigenvalue weighted by Gasteiger charge is 2.44. The van der Waals surface area contributed by atoms with E-state index < -0.39 is 5.92 Å². The van der Waals surface area contributed by atoms with Crippen LogP contribution in [-0.4, -0.2) is 27.8 Å². The van der Waals surface area contributed by atoms with Gasteiger partial charge in [-0.25, -0.2) is 4.98 Å². The summed E-state index contributed by atoms with van der Waals surface area (Å²) in [6.45, 7) is 1.28. The third kappa shape index (κ3) is 3.78. The van der Waals surface area contributed by atoms with Crippen molar-refractivity contribution in [2.24, 2.45) is 5.92 Å². The van der Waals surface area contributed by atoms with Crippen molar-refractivity contribution in [3.8, 4) is 6.07 Å². The second kappa shape index (κ2) is 8.10. The Labute approximate surface area is 183 Å². The number of nitrogens with one attached hydrogen (secondary N) is 2. The molecule has 31 heavy (non-hydrogen) atoms. The summed E-state index contributed by atoms with van der Waals surface area (Å²) < 4.78 is 1.73. The summed E-state index contributed by atoms with van der Waals surface area (Å²) >= 11 is 1.40. The minimum Gasteiger partial charge on any atom is -0.330 e. The van der Waals surface area contributed by atoms with Crippen molar-refractivity contribution < 1.29 is 9.59 Å². The maximum absolute atomic E-state index is 13.0. The van der Waals surface area contributed by atoms with Crippen molar-refractivity contribution in [1.82, 2.24) is 14.9 Å². The van der Waals surface area contributed by atoms with Gasteiger partial charge < -0.3 is 15.2 Å². The zero-order valence-electron chi connectivity index (χ0n) is 16.7. The topological polar surface area (TPSA) is 99.8 Å². The minimum atomic E-state index is -0.416. The van der Waals surface area contributed by atoms with Crippen LogP contribution in [0.5, 0.6) is 0 Å². The van der Waals surface area contributed by atoms with E-state index in [0.29, 0.717) is 23.7 Å². The summed E-state index contributed by atoms with van der Waals surface area (Å²) in [5, 5.41) is 16.7. The van der Waals surface area contributed by atoms with Crippen LogP contribution in [0.25, 0.3) is 0 Å². The first-order chi connectivity index (χ1) is 15.2. The van der Waals surface area contributed by atoms with Crippen molar-refractivity contribution >= 4 is 28.0 Å². The van der Waals surface area contributed by atoms with Crippen molar-refractivity contribution in [3.05, 3.63) is 70.6 Å². The van der Waals surface area contributed by atoms with Gasteiger partial charge in [0.15, 0.2) is 5.78 Å². The largest absolute Gasteiger partial charge is 0.330 e. The highest BCUT2D eigenvalue weighted by atomic mass is 32.1. The number of amides is 1. The van der Waals surface area contributed by atoms with E-state index in [1.165, 1.54) is 16.9 Å². The molecular formula is C23H21N5O2S. The number of anilines is 1. The Hall–Kier alpha value is -3.28. The van der Waals surface area contributed by atoms with Gasteiger partial charge in [-0.15, -0.1) is 11.3 Å². The first-order valence-electron chi connectivity index (χ1n) is 10.3. The second-order valence-corrected chi connectivity index (χ2v) is 9.09. The maximum Gasteiger partial charge on any atom is 0.228 e. The van der Waals surface area contributed by atoms with Gasteiger partial charge in [0.05, 0.1) is 24.4 Å². The highest BCUT2D eigenvalue weighted by Crippen LogP contribution is 2.48. The van der Waals surface area contributed by atoms with E-state index in [2.05, 4.69) is 21.7 Å². The number of thiophene rings is 1. The van der Waals surface area contributed by atoms with Crippen LogP contribution in [0.3, 0.4) is 0 Å². The lowest BCUT2D eigenvalue weighted by Gasteiger charge is -2.23. The van der Waals surface area contributed by atoms with Crippen LogP contribution in [0.1, 0.15) is 39.8 Å². The Kier molecular flexibility index (Phi) is 5.14. The fourth-order valence-corrected chi connectivity index (χ4v) is 5.51. The maximum atomic E-state index is 13.0. The Balaban J connectivity index is 1.35. The molecule has 8 heteroatoms. The van der Waals surface area contributed by atoms with Crippen LogP contribution >= 0.6 is 11.3 Å². The standard InChI is InChI=1S/C23H21N5O2S/c24-9-17-21-18(19(29)12-28-7-6-25-13-28)10-26-11-20(21)31-23(17)27-22(30)16-8-15(16)14-4-2-1-3-5-14/h1-7,13,15-16,18,26H,8,10-12H2,(H,27,30). The molecule has 0 radical (unpaired) electrons. The van der Waals surface area contributed by atoms with Crippen LogP contribution in [0.4, 0.5) is 5.00 Å². The molecule has 0 saturated heterocycles. The van der Waals surface area contributed by atoms with Gasteiger partial charge in [-0.1, -0.05) is 30.3 Å². The van der Waals surface area contributed by atoms with Crippen LogP contribution < -0.4 is 10.6 Å². The zero-order valence-corrected chi connectivity index (χ0v) is 17.6. The van der Waals surface area contributed by atoms with Crippen LogP contribution in [-0.2, 0) is 22.7 Å². The Bertz CT molecular complexity index is 1160. The van der Waals surface area contributed by atoms with E-state index in [1.54, 1.807) is 23.3 Å². The van der Waals surface area contributed by atoms with Crippen molar-refractivity contribution in [2.45, 2.75) is 31.3 Å². The fraction of sp³-hybridized carbons (Fsp3) is 0.304. The monoisotopic (exact) mass is 431 g/mol. The van der Waals surface area contributed by atoms with Crippen molar-refractivity contribution in [3.63, 3.8) is 0 Å². The lowest BCUT2D eigenvalue weighted by atomic mass is 9.89. The van der Waals surface area contributed by atoms with Gasteiger partial charge in [0.1, 0.15) is 11.1 Å². The number of nitrogens with zero attached hydrogens (tertiary/aromatic N) is 3. The van der Waals surface area contributed by atoms with E-state index in [1.807, 2.05) is 30.3 Å². The molecule has 3 aromatic rings. The molecule has 1 aliphatic carbocycles. The number of imidazole rings is 1. The first kappa shape index (κ1) is 19.7. The van der Waals surface area contributed by atoms with Gasteiger partial charge in [0.25, 0.3) is 0 Å². The normalized spacial score (nSPS) is 21.7. The summed E-state index contributed by atoms with van der Waals surface area (Å²) in [5.74, 6) is -0.304. The van der Waals surface area contributed by atoms with E-state index in [-0.39, 0.29) is 30.1 Å². The molecule has 1 amide bonds. The van der Waals surface area contributed by atoms with Crippen LogP contribution in [0.15, 0.2) is 49.1 Å². The molecule has 3 heterocycles. The second-order valence-electron chi connectivity index (χ2n) is 7.99. The third-order valence-corrected chi connectivity index (χ3v) is 7.12. The number of benzene rings is 1. The molecule has 2 N–H and O–H groups in total. The molecule has 1 saturated carbocycles. The van der Waals surface area contributed by atoms with Crippen LogP contribution in [0.2, 0.25) is 0 Å². The summed E-state index contributed by atoms with van der Waals surface area (Å²) in [4.78, 5) is 30.7. The number of carbonyl (C=O) groups excluding carboxylic acids is 2. The smallest absolute Gasteiger partial charge is 0.228 e. The number of ketones is 1. The number of carbonyl (C=O) groups is 2. The van der Waals surface area contributed by atoms with Gasteiger partial charge in [-0.2, -0.15) is 5.26 Å². The lowest BCUT2D eigenvalue weighted by molar-refractivity contribution is -0.121. The third-order valence-electron chi connectivity index (χ3n) is 5.99. The Morgan fingerprint density at radius 1 is 1.32 bits per heavy atom. The van der Waals surface area contributed by atoms with Gasteiger partial charge in [0, 0.05) is 36.3 Å². The molecule has 3 atom stereocenters. The molecule has 7 nitrogen and oxygen atoms in total. The molecule has 1 aromatic carbocycles. The highest BCUT2D eigenvalue weighted by molar-refractivity contribution is 7.16. The number of aromatic nitrogens is 2. The molecule has 1 aliphatic heterocycles. The predicted molar refractivity (Wildman–Crippen MR) is 117 cm³/mol. The van der Waals surface area contributed by atoms with E-state index in [4.69, 9.17) is 0 Å². The van der Waals surface area contributed by atoms with Gasteiger partial charge >= 0.3 is 0 Å². The molecule has 1 fully saturated rings. The van der Waals surface area contributed by atoms with Crippen molar-refractivity contribution in [1.29, 1.82) is 5.26 Å². The van der Waals surface area contributed by atoms with Gasteiger partial charge in [-0.3, -0.25) is 9.59 Å². The number of hydrogen-bond acceptors (Lipinski definition) is 6. The zero-order chi connectivity index (χ0) is 21.4. The molecule has 156 valence electrons. The minimum absolute atomic E-state index is 0.0185. The summed E-state index contributed by atoms with van der Waals surface area (Å²) in [6.07, 6.45) is 5.81. The Morgan fingerprint density at radius 2 is 2.16 bits per heavy atom. The number of rotatable bonds is 6. The molecule has 3 unspecified atom stereocenters. The van der Waals surface area contributed by atoms with Crippen molar-refractivity contribution in [2.75, 3.05) is 11.9 Å². The molecule has 0 spiro atoms. The molecule has 5 rings (SSSR count). The first-order valence-corrected chi connectivity index (χ1v) is 11.1. The van der Waals surface area contributed by atoms with E-state index in [9.17, 15) is 14.9 Å². The SMILES string of the molecule is N#Cc1c(NC(=O)C2CC2c2ccccc2)sc2c1C(C(=O)Cn1ccnc1)CNC2. The number of hydrogen-bond donors (Lipinski definition) is 2. The molecular weight excluding hydrogens is 410 g/mol. The quantitative estimate of drug-likeness (QED) is 0.625. The van der Waals surface area contributed by atoms with E-state index in [0.717, 1.165) is 16.9 Å². The summed E-state index contributed by atoms with van der Waals surface area (Å²) in [7, 11) is 0. The molecule has 2 aromatic heterocycles. The average Bonchev–Trinajstić information content (AvgIpc) is 3.29.